The van der Waals surface area contributed by atoms with E-state index in [9.17, 15) is 4.39 Å². The van der Waals surface area contributed by atoms with E-state index in [4.69, 9.17) is 11.6 Å². The molecule has 2 aromatic heterocycles. The Balaban J connectivity index is 1.99. The van der Waals surface area contributed by atoms with Crippen LogP contribution >= 0.6 is 11.6 Å². The second kappa shape index (κ2) is 5.44. The monoisotopic (exact) mass is 307 g/mol. The van der Waals surface area contributed by atoms with Gasteiger partial charge < -0.3 is 9.13 Å². The van der Waals surface area contributed by atoms with Gasteiger partial charge in [0.15, 0.2) is 0 Å². The molecule has 110 valence electrons. The lowest BCUT2D eigenvalue weighted by Crippen LogP contribution is -2.09. The lowest BCUT2D eigenvalue weighted by atomic mass is 10.3. The number of hydrogen-bond acceptors (Lipinski definition) is 3. The fraction of sp³-hybridized carbons (Fsp3) is 0.357. The highest BCUT2D eigenvalue weighted by Gasteiger charge is 2.16. The summed E-state index contributed by atoms with van der Waals surface area (Å²) in [5.41, 5.74) is 1.50. The van der Waals surface area contributed by atoms with Crippen molar-refractivity contribution in [1.82, 2.24) is 24.3 Å². The number of fused-ring (bicyclic) bond motifs is 1. The van der Waals surface area contributed by atoms with E-state index in [1.165, 1.54) is 12.1 Å². The van der Waals surface area contributed by atoms with Gasteiger partial charge in [-0.2, -0.15) is 0 Å². The first-order chi connectivity index (χ1) is 10.1. The average molecular weight is 308 g/mol. The van der Waals surface area contributed by atoms with Crippen molar-refractivity contribution < 1.29 is 4.39 Å². The Morgan fingerprint density at radius 2 is 2.19 bits per heavy atom. The molecule has 3 aromatic rings. The summed E-state index contributed by atoms with van der Waals surface area (Å²) in [5, 5.41) is 7.69. The Morgan fingerprint density at radius 3 is 2.86 bits per heavy atom. The Bertz CT molecular complexity index is 777. The highest BCUT2D eigenvalue weighted by Crippen LogP contribution is 2.25. The molecule has 0 spiro atoms. The fourth-order valence-electron chi connectivity index (χ4n) is 2.41. The van der Waals surface area contributed by atoms with Crippen molar-refractivity contribution in [3.05, 3.63) is 42.0 Å². The molecular formula is C14H15ClFN5. The zero-order chi connectivity index (χ0) is 15.0. The minimum absolute atomic E-state index is 0.250. The number of imidazole rings is 1. The van der Waals surface area contributed by atoms with Crippen molar-refractivity contribution in [2.75, 3.05) is 0 Å². The van der Waals surface area contributed by atoms with E-state index in [1.54, 1.807) is 12.4 Å². The summed E-state index contributed by atoms with van der Waals surface area (Å²) in [7, 11) is 1.90. The van der Waals surface area contributed by atoms with Crippen LogP contribution < -0.4 is 0 Å². The summed E-state index contributed by atoms with van der Waals surface area (Å²) in [5.74, 6) is 1.32. The molecule has 3 rings (SSSR count). The number of rotatable bonds is 4. The van der Waals surface area contributed by atoms with E-state index < -0.39 is 0 Å². The van der Waals surface area contributed by atoms with Gasteiger partial charge in [0.2, 0.25) is 0 Å². The van der Waals surface area contributed by atoms with Crippen molar-refractivity contribution in [1.29, 1.82) is 0 Å². The third kappa shape index (κ3) is 2.63. The molecule has 0 radical (unpaired) electrons. The Kier molecular flexibility index (Phi) is 3.63. The van der Waals surface area contributed by atoms with Gasteiger partial charge in [0.05, 0.1) is 16.4 Å². The molecule has 0 aliphatic heterocycles. The Morgan fingerprint density at radius 1 is 1.38 bits per heavy atom. The molecule has 0 amide bonds. The van der Waals surface area contributed by atoms with Gasteiger partial charge in [-0.05, 0) is 19.1 Å². The predicted molar refractivity (Wildman–Crippen MR) is 78.7 cm³/mol. The van der Waals surface area contributed by atoms with Gasteiger partial charge in [0.1, 0.15) is 23.8 Å². The van der Waals surface area contributed by atoms with Crippen LogP contribution in [0.5, 0.6) is 0 Å². The van der Waals surface area contributed by atoms with Gasteiger partial charge in [-0.3, -0.25) is 0 Å². The van der Waals surface area contributed by atoms with Crippen LogP contribution in [0.15, 0.2) is 24.5 Å². The van der Waals surface area contributed by atoms with Gasteiger partial charge in [0.25, 0.3) is 0 Å². The van der Waals surface area contributed by atoms with Crippen LogP contribution in [0.25, 0.3) is 11.0 Å². The summed E-state index contributed by atoms with van der Waals surface area (Å²) >= 11 is 6.20. The van der Waals surface area contributed by atoms with Crippen LogP contribution in [-0.2, 0) is 20.0 Å². The SMILES string of the molecule is CC(Cl)c1nc2cc(F)ccc2n1CCc1nncn1C. The molecule has 7 heteroatoms. The minimum Gasteiger partial charge on any atom is -0.326 e. The van der Waals surface area contributed by atoms with Crippen LogP contribution in [-0.4, -0.2) is 24.3 Å². The molecule has 21 heavy (non-hydrogen) atoms. The number of nitrogens with zero attached hydrogens (tertiary/aromatic N) is 5. The van der Waals surface area contributed by atoms with E-state index in [0.29, 0.717) is 18.5 Å². The van der Waals surface area contributed by atoms with E-state index in [0.717, 1.165) is 17.2 Å². The summed E-state index contributed by atoms with van der Waals surface area (Å²) in [6, 6.07) is 4.60. The molecule has 0 bridgehead atoms. The van der Waals surface area contributed by atoms with Gasteiger partial charge in [0, 0.05) is 26.1 Å². The number of benzene rings is 1. The van der Waals surface area contributed by atoms with Crippen LogP contribution in [0.1, 0.15) is 23.9 Å². The smallest absolute Gasteiger partial charge is 0.134 e. The largest absolute Gasteiger partial charge is 0.326 e. The van der Waals surface area contributed by atoms with Gasteiger partial charge in [-0.15, -0.1) is 21.8 Å². The number of halogens is 2. The lowest BCUT2D eigenvalue weighted by molar-refractivity contribution is 0.627. The summed E-state index contributed by atoms with van der Waals surface area (Å²) < 4.78 is 17.2. The molecule has 1 atom stereocenters. The zero-order valence-electron chi connectivity index (χ0n) is 11.8. The van der Waals surface area contributed by atoms with Crippen molar-refractivity contribution in [3.8, 4) is 0 Å². The number of alkyl halides is 1. The maximum atomic E-state index is 13.3. The quantitative estimate of drug-likeness (QED) is 0.696. The minimum atomic E-state index is -0.297. The molecular weight excluding hydrogens is 293 g/mol. The second-order valence-corrected chi connectivity index (χ2v) is 5.63. The van der Waals surface area contributed by atoms with Crippen LogP contribution in [0.4, 0.5) is 4.39 Å². The number of aromatic nitrogens is 5. The van der Waals surface area contributed by atoms with Gasteiger partial charge in [-0.1, -0.05) is 0 Å². The molecule has 0 aliphatic rings. The van der Waals surface area contributed by atoms with E-state index >= 15 is 0 Å². The lowest BCUT2D eigenvalue weighted by Gasteiger charge is -2.10. The third-order valence-corrected chi connectivity index (χ3v) is 3.65. The van der Waals surface area contributed by atoms with Crippen molar-refractivity contribution in [2.45, 2.75) is 25.3 Å². The zero-order valence-corrected chi connectivity index (χ0v) is 12.5. The average Bonchev–Trinajstić information content (AvgIpc) is 2.99. The molecule has 0 saturated carbocycles. The Labute approximate surface area is 126 Å². The maximum Gasteiger partial charge on any atom is 0.134 e. The van der Waals surface area contributed by atoms with Crippen LogP contribution in [0.3, 0.4) is 0 Å². The third-order valence-electron chi connectivity index (χ3n) is 3.46. The maximum absolute atomic E-state index is 13.3. The fourth-order valence-corrected chi connectivity index (χ4v) is 2.57. The summed E-state index contributed by atoms with van der Waals surface area (Å²) in [4.78, 5) is 4.44. The molecule has 2 heterocycles. The molecule has 0 aliphatic carbocycles. The number of aryl methyl sites for hydroxylation is 3. The number of hydrogen-bond donors (Lipinski definition) is 0. The molecule has 0 saturated heterocycles. The van der Waals surface area contributed by atoms with Crippen LogP contribution in [0.2, 0.25) is 0 Å². The standard InChI is InChI=1S/C14H15ClFN5/c1-9(15)14-18-11-7-10(16)3-4-12(11)21(14)6-5-13-19-17-8-20(13)2/h3-4,7-9H,5-6H2,1-2H3. The molecule has 1 unspecified atom stereocenters. The first kappa shape index (κ1) is 14.0. The normalized spacial score (nSPS) is 13.0. The predicted octanol–water partition coefficient (Wildman–Crippen LogP) is 2.85. The first-order valence-corrected chi connectivity index (χ1v) is 7.12. The van der Waals surface area contributed by atoms with E-state index in [2.05, 4.69) is 15.2 Å². The Hall–Kier alpha value is -1.95. The molecule has 0 fully saturated rings. The van der Waals surface area contributed by atoms with Crippen molar-refractivity contribution in [2.24, 2.45) is 7.05 Å². The van der Waals surface area contributed by atoms with Gasteiger partial charge >= 0.3 is 0 Å². The highest BCUT2D eigenvalue weighted by atomic mass is 35.5. The van der Waals surface area contributed by atoms with Crippen molar-refractivity contribution in [3.63, 3.8) is 0 Å². The first-order valence-electron chi connectivity index (χ1n) is 6.69. The van der Waals surface area contributed by atoms with Gasteiger partial charge in [-0.25, -0.2) is 9.37 Å². The highest BCUT2D eigenvalue weighted by molar-refractivity contribution is 6.20. The molecule has 1 aromatic carbocycles. The molecule has 5 nitrogen and oxygen atoms in total. The summed E-state index contributed by atoms with van der Waals surface area (Å²) in [6.45, 7) is 2.53. The molecule has 0 N–H and O–H groups in total. The van der Waals surface area contributed by atoms with E-state index in [1.807, 2.05) is 23.1 Å². The second-order valence-electron chi connectivity index (χ2n) is 4.98. The van der Waals surface area contributed by atoms with E-state index in [-0.39, 0.29) is 11.2 Å². The topological polar surface area (TPSA) is 48.5 Å². The van der Waals surface area contributed by atoms with Crippen LogP contribution in [0, 0.1) is 5.82 Å². The summed E-state index contributed by atoms with van der Waals surface area (Å²) in [6.07, 6.45) is 2.37. The van der Waals surface area contributed by atoms with Crippen molar-refractivity contribution >= 4 is 22.6 Å².